The molecule has 5 rings (SSSR count). The summed E-state index contributed by atoms with van der Waals surface area (Å²) in [7, 11) is 0. The Morgan fingerprint density at radius 2 is 1.23 bits per heavy atom. The van der Waals surface area contributed by atoms with Crippen molar-refractivity contribution in [3.63, 3.8) is 0 Å². The summed E-state index contributed by atoms with van der Waals surface area (Å²) in [5.74, 6) is 0. The first-order chi connectivity index (χ1) is 20.7. The highest BCUT2D eigenvalue weighted by Gasteiger charge is 2.33. The lowest BCUT2D eigenvalue weighted by Gasteiger charge is -2.07. The molecule has 5 aromatic rings. The highest BCUT2D eigenvalue weighted by Crippen LogP contribution is 2.45. The maximum atomic E-state index is 13.3. The minimum atomic E-state index is -4.63. The lowest BCUT2D eigenvalue weighted by Crippen LogP contribution is -2.08. The lowest BCUT2D eigenvalue weighted by molar-refractivity contribution is -0.137. The number of hydrogen-bond donors (Lipinski definition) is 0. The van der Waals surface area contributed by atoms with Crippen LogP contribution in [0, 0.1) is 65.5 Å². The average Bonchev–Trinajstić information content (AvgIpc) is 3.49. The Balaban J connectivity index is 2.12. The molecule has 11 heteroatoms. The van der Waals surface area contributed by atoms with Gasteiger partial charge < -0.3 is 0 Å². The van der Waals surface area contributed by atoms with E-state index < -0.39 is 11.7 Å². The molecule has 0 spiro atoms. The van der Waals surface area contributed by atoms with Crippen molar-refractivity contribution in [2.75, 3.05) is 0 Å². The highest BCUT2D eigenvalue weighted by molar-refractivity contribution is 6.21. The van der Waals surface area contributed by atoms with E-state index in [2.05, 4.69) is 19.9 Å². The lowest BCUT2D eigenvalue weighted by atomic mass is 9.95. The van der Waals surface area contributed by atoms with Crippen molar-refractivity contribution in [3.05, 3.63) is 110 Å². The quantitative estimate of drug-likeness (QED) is 0.132. The van der Waals surface area contributed by atoms with Crippen LogP contribution in [0.4, 0.5) is 18.9 Å². The van der Waals surface area contributed by atoms with Crippen LogP contribution >= 0.6 is 0 Å². The van der Waals surface area contributed by atoms with E-state index in [1.165, 1.54) is 0 Å². The summed E-state index contributed by atoms with van der Waals surface area (Å²) in [6, 6.07) is 16.8. The monoisotopic (exact) mass is 564 g/mol. The number of hydrogen-bond acceptors (Lipinski definition) is 6. The first kappa shape index (κ1) is 27.8. The number of aryl methyl sites for hydroxylation is 1. The second kappa shape index (κ2) is 10.3. The minimum Gasteiger partial charge on any atom is -0.237 e. The van der Waals surface area contributed by atoms with E-state index in [1.54, 1.807) is 30.5 Å². The Morgan fingerprint density at radius 3 is 1.74 bits per heavy atom. The molecule has 0 fully saturated rings. The number of nitrogens with zero attached hydrogens (tertiary/aromatic N) is 8. The third-order valence-electron chi connectivity index (χ3n) is 7.02. The molecule has 43 heavy (non-hydrogen) atoms. The van der Waals surface area contributed by atoms with Crippen molar-refractivity contribution in [1.82, 2.24) is 0 Å². The summed E-state index contributed by atoms with van der Waals surface area (Å²) in [4.78, 5) is 10.7. The van der Waals surface area contributed by atoms with E-state index >= 15 is 0 Å². The first-order valence-electron chi connectivity index (χ1n) is 12.1. The summed E-state index contributed by atoms with van der Waals surface area (Å²) < 4.78 is 39.8. The predicted octanol–water partition coefficient (Wildman–Crippen LogP) is 6.81. The van der Waals surface area contributed by atoms with Crippen molar-refractivity contribution in [2.24, 2.45) is 10.1 Å². The molecule has 0 saturated heterocycles. The molecule has 0 aliphatic carbocycles. The van der Waals surface area contributed by atoms with Gasteiger partial charge >= 0.3 is 6.18 Å². The van der Waals surface area contributed by atoms with Crippen molar-refractivity contribution in [2.45, 2.75) is 13.1 Å². The second-order valence-electron chi connectivity index (χ2n) is 9.22. The zero-order valence-electron chi connectivity index (χ0n) is 21.8. The van der Waals surface area contributed by atoms with Crippen LogP contribution in [0.3, 0.4) is 0 Å². The van der Waals surface area contributed by atoms with Crippen LogP contribution < -0.4 is 10.7 Å². The molecule has 8 nitrogen and oxygen atoms in total. The molecule has 0 N–H and O–H groups in total. The average molecular weight is 564 g/mol. The van der Waals surface area contributed by atoms with Crippen LogP contribution in [0.5, 0.6) is 0 Å². The van der Waals surface area contributed by atoms with Gasteiger partial charge in [-0.2, -0.15) is 45.8 Å². The summed E-state index contributed by atoms with van der Waals surface area (Å²) in [6.07, 6.45) is -2.93. The molecule has 0 radical (unpaired) electrons. The number of benzene rings is 3. The van der Waals surface area contributed by atoms with Crippen LogP contribution in [0.15, 0.2) is 58.6 Å². The molecule has 0 bridgehead atoms. The zero-order chi connectivity index (χ0) is 31.1. The number of nitriles is 4. The van der Waals surface area contributed by atoms with Gasteiger partial charge in [0, 0.05) is 32.7 Å². The fourth-order valence-corrected chi connectivity index (χ4v) is 5.30. The Labute approximate surface area is 241 Å². The second-order valence-corrected chi connectivity index (χ2v) is 9.22. The van der Waals surface area contributed by atoms with E-state index in [1.807, 2.05) is 25.1 Å². The largest absolute Gasteiger partial charge is 0.416 e. The fraction of sp³-hybridized carbons (Fsp3) is 0.0625. The summed E-state index contributed by atoms with van der Waals surface area (Å²) in [5, 5.41) is 44.2. The van der Waals surface area contributed by atoms with Gasteiger partial charge in [-0.25, -0.2) is 4.85 Å². The van der Waals surface area contributed by atoms with Gasteiger partial charge in [-0.1, -0.05) is 42.0 Å². The molecule has 0 heterocycles. The van der Waals surface area contributed by atoms with E-state index in [-0.39, 0.29) is 71.3 Å². The van der Waals surface area contributed by atoms with Crippen LogP contribution in [0.25, 0.3) is 53.6 Å². The number of halogens is 3. The Kier molecular flexibility index (Phi) is 6.66. The number of rotatable bonds is 2. The summed E-state index contributed by atoms with van der Waals surface area (Å²) in [5.41, 5.74) is 0.0233. The fourth-order valence-electron chi connectivity index (χ4n) is 5.30. The molecule has 200 valence electrons. The maximum absolute atomic E-state index is 13.3. The first-order valence-corrected chi connectivity index (χ1v) is 12.1. The Hall–Kier alpha value is -6.79. The standard InChI is InChI=1S/C32H11F3N8/c1-16-4-6-18(7-5-16)24-29(40-2)27-21(13-37)25-20(12-36)23(17-8-10-19(11-9-17)32(33,34)35)31(43-41-3)26(25)22(14-38)28(27)30(24)42-15-39/h4-11H,1H3/b42-30?,43-31-. The van der Waals surface area contributed by atoms with Gasteiger partial charge in [0.05, 0.1) is 45.4 Å². The highest BCUT2D eigenvalue weighted by atomic mass is 19.4. The number of alkyl halides is 3. The van der Waals surface area contributed by atoms with E-state index in [9.17, 15) is 34.2 Å². The Bertz CT molecular complexity index is 2380. The SMILES string of the molecule is [C-]#[N+]/N=c1/c(-c2ccc(C(F)(F)F)cc2)c(C#N)c2c(C#N)c3c([N+]#[C-])c(-c4ccc(C)cc4)c(=NC#N)c3c(C#N)c12. The smallest absolute Gasteiger partial charge is 0.237 e. The molecule has 0 aliphatic heterocycles. The molecular formula is C32H11F3N8. The van der Waals surface area contributed by atoms with Crippen molar-refractivity contribution >= 4 is 27.2 Å². The van der Waals surface area contributed by atoms with Gasteiger partial charge in [-0.3, -0.25) is 0 Å². The molecular weight excluding hydrogens is 553 g/mol. The predicted molar refractivity (Wildman–Crippen MR) is 148 cm³/mol. The topological polar surface area (TPSA) is 129 Å². The van der Waals surface area contributed by atoms with Gasteiger partial charge in [0.1, 0.15) is 12.1 Å². The van der Waals surface area contributed by atoms with Crippen LogP contribution in [0.1, 0.15) is 27.8 Å². The molecule has 0 unspecified atom stereocenters. The Morgan fingerprint density at radius 1 is 0.698 bits per heavy atom. The van der Waals surface area contributed by atoms with Gasteiger partial charge in [0.2, 0.25) is 11.9 Å². The minimum absolute atomic E-state index is 0.00966. The van der Waals surface area contributed by atoms with Gasteiger partial charge in [-0.15, -0.1) is 4.95 Å². The van der Waals surface area contributed by atoms with Crippen molar-refractivity contribution in [3.8, 4) is 46.7 Å². The van der Waals surface area contributed by atoms with Crippen molar-refractivity contribution in [1.29, 1.82) is 21.0 Å². The maximum Gasteiger partial charge on any atom is 0.416 e. The molecule has 0 aromatic heterocycles. The van der Waals surface area contributed by atoms with Crippen LogP contribution in [-0.2, 0) is 6.18 Å². The van der Waals surface area contributed by atoms with Crippen LogP contribution in [0.2, 0.25) is 0 Å². The zero-order valence-corrected chi connectivity index (χ0v) is 21.8. The molecule has 0 amide bonds. The molecule has 0 aliphatic rings. The summed E-state index contributed by atoms with van der Waals surface area (Å²) >= 11 is 0. The van der Waals surface area contributed by atoms with Crippen LogP contribution in [-0.4, -0.2) is 0 Å². The normalized spacial score (nSPS) is 11.9. The molecule has 0 atom stereocenters. The van der Waals surface area contributed by atoms with Crippen molar-refractivity contribution < 1.29 is 13.2 Å². The third-order valence-corrected chi connectivity index (χ3v) is 7.02. The van der Waals surface area contributed by atoms with E-state index in [0.717, 1.165) is 29.8 Å². The van der Waals surface area contributed by atoms with Gasteiger partial charge in [0.25, 0.3) is 0 Å². The van der Waals surface area contributed by atoms with Gasteiger partial charge in [0.15, 0.2) is 5.36 Å². The molecule has 5 aromatic carbocycles. The summed E-state index contributed by atoms with van der Waals surface area (Å²) in [6.45, 7) is 17.3. The van der Waals surface area contributed by atoms with E-state index in [0.29, 0.717) is 5.56 Å². The molecule has 0 saturated carbocycles. The van der Waals surface area contributed by atoms with E-state index in [4.69, 9.17) is 13.1 Å². The third kappa shape index (κ3) is 4.11. The number of fused-ring (bicyclic) bond motifs is 2. The van der Waals surface area contributed by atoms with Gasteiger partial charge in [-0.05, 0) is 30.2 Å².